The van der Waals surface area contributed by atoms with Crippen LogP contribution in [0.4, 0.5) is 14.5 Å². The monoisotopic (exact) mass is 279 g/mol. The number of rotatable bonds is 5. The predicted octanol–water partition coefficient (Wildman–Crippen LogP) is 4.13. The molecule has 0 amide bonds. The van der Waals surface area contributed by atoms with Gasteiger partial charge in [-0.25, -0.2) is 8.78 Å². The largest absolute Gasteiger partial charge is 0.490 e. The Kier molecular flexibility index (Phi) is 4.40. The summed E-state index contributed by atoms with van der Waals surface area (Å²) in [5.41, 5.74) is 5.30. The first-order chi connectivity index (χ1) is 9.61. The van der Waals surface area contributed by atoms with Crippen molar-refractivity contribution in [2.75, 3.05) is 12.3 Å². The van der Waals surface area contributed by atoms with Crippen LogP contribution < -0.4 is 15.2 Å². The normalized spacial score (nSPS) is 10.3. The molecular weight excluding hydrogens is 264 g/mol. The molecule has 0 saturated heterocycles. The van der Waals surface area contributed by atoms with Crippen LogP contribution >= 0.6 is 0 Å². The summed E-state index contributed by atoms with van der Waals surface area (Å²) in [6.45, 7) is 2.50. The molecule has 5 heteroatoms. The zero-order valence-electron chi connectivity index (χ0n) is 11.0. The van der Waals surface area contributed by atoms with Crippen LogP contribution in [-0.2, 0) is 0 Å². The van der Waals surface area contributed by atoms with Crippen LogP contribution in [-0.4, -0.2) is 6.61 Å². The lowest BCUT2D eigenvalue weighted by molar-refractivity contribution is 0.302. The molecule has 0 fully saturated rings. The van der Waals surface area contributed by atoms with Crippen molar-refractivity contribution in [3.63, 3.8) is 0 Å². The summed E-state index contributed by atoms with van der Waals surface area (Å²) in [6.07, 6.45) is 0.838. The standard InChI is InChI=1S/C15H15F2NO2/c1-2-7-19-12-5-3-4-6-13(12)20-14-9-10(16)8-11(17)15(14)18/h3-6,8-9H,2,7,18H2,1H3. The highest BCUT2D eigenvalue weighted by Crippen LogP contribution is 2.35. The van der Waals surface area contributed by atoms with Crippen LogP contribution in [0.15, 0.2) is 36.4 Å². The number of para-hydroxylation sites is 2. The molecule has 2 aromatic rings. The number of hydrogen-bond acceptors (Lipinski definition) is 3. The molecule has 0 saturated carbocycles. The molecule has 0 unspecified atom stereocenters. The Bertz CT molecular complexity index is 602. The van der Waals surface area contributed by atoms with Crippen molar-refractivity contribution >= 4 is 5.69 Å². The van der Waals surface area contributed by atoms with E-state index in [1.165, 1.54) is 0 Å². The number of hydrogen-bond donors (Lipinski definition) is 1. The molecule has 0 radical (unpaired) electrons. The lowest BCUT2D eigenvalue weighted by atomic mass is 10.2. The fourth-order valence-electron chi connectivity index (χ4n) is 1.63. The summed E-state index contributed by atoms with van der Waals surface area (Å²) >= 11 is 0. The molecule has 0 spiro atoms. The van der Waals surface area contributed by atoms with Crippen LogP contribution in [0.5, 0.6) is 17.2 Å². The van der Waals surface area contributed by atoms with Gasteiger partial charge in [0.1, 0.15) is 11.5 Å². The lowest BCUT2D eigenvalue weighted by Gasteiger charge is -2.13. The average molecular weight is 279 g/mol. The van der Waals surface area contributed by atoms with Gasteiger partial charge in [0.25, 0.3) is 0 Å². The van der Waals surface area contributed by atoms with E-state index in [0.29, 0.717) is 24.2 Å². The zero-order valence-corrected chi connectivity index (χ0v) is 11.0. The summed E-state index contributed by atoms with van der Waals surface area (Å²) in [6, 6.07) is 8.63. The maximum atomic E-state index is 13.4. The number of ether oxygens (including phenoxy) is 2. The van der Waals surface area contributed by atoms with Crippen molar-refractivity contribution in [2.45, 2.75) is 13.3 Å². The minimum absolute atomic E-state index is 0.0740. The van der Waals surface area contributed by atoms with Gasteiger partial charge in [0.15, 0.2) is 23.1 Å². The summed E-state index contributed by atoms with van der Waals surface area (Å²) in [7, 11) is 0. The van der Waals surface area contributed by atoms with Gasteiger partial charge in [0.05, 0.1) is 6.61 Å². The van der Waals surface area contributed by atoms with Gasteiger partial charge in [0, 0.05) is 12.1 Å². The molecule has 20 heavy (non-hydrogen) atoms. The second-order valence-corrected chi connectivity index (χ2v) is 4.20. The highest BCUT2D eigenvalue weighted by atomic mass is 19.1. The van der Waals surface area contributed by atoms with E-state index in [-0.39, 0.29) is 11.4 Å². The summed E-state index contributed by atoms with van der Waals surface area (Å²) in [5.74, 6) is -0.822. The predicted molar refractivity (Wildman–Crippen MR) is 73.1 cm³/mol. The van der Waals surface area contributed by atoms with Crippen molar-refractivity contribution in [3.05, 3.63) is 48.0 Å². The maximum absolute atomic E-state index is 13.4. The van der Waals surface area contributed by atoms with Crippen molar-refractivity contribution in [3.8, 4) is 17.2 Å². The van der Waals surface area contributed by atoms with Gasteiger partial charge in [-0.3, -0.25) is 0 Å². The Morgan fingerprint density at radius 1 is 1.05 bits per heavy atom. The number of nitrogens with two attached hydrogens (primary N) is 1. The Balaban J connectivity index is 2.30. The Hall–Kier alpha value is -2.30. The zero-order chi connectivity index (χ0) is 14.5. The van der Waals surface area contributed by atoms with Crippen molar-refractivity contribution in [1.82, 2.24) is 0 Å². The van der Waals surface area contributed by atoms with E-state index in [1.54, 1.807) is 24.3 Å². The van der Waals surface area contributed by atoms with Gasteiger partial charge in [-0.15, -0.1) is 0 Å². The molecule has 0 aliphatic carbocycles. The molecule has 0 atom stereocenters. The molecular formula is C15H15F2NO2. The molecule has 2 rings (SSSR count). The van der Waals surface area contributed by atoms with E-state index >= 15 is 0 Å². The molecule has 0 aliphatic heterocycles. The van der Waals surface area contributed by atoms with Crippen molar-refractivity contribution in [1.29, 1.82) is 0 Å². The van der Waals surface area contributed by atoms with E-state index in [2.05, 4.69) is 0 Å². The second-order valence-electron chi connectivity index (χ2n) is 4.20. The minimum atomic E-state index is -0.855. The van der Waals surface area contributed by atoms with Gasteiger partial charge in [-0.2, -0.15) is 0 Å². The van der Waals surface area contributed by atoms with Crippen molar-refractivity contribution in [2.24, 2.45) is 0 Å². The fraction of sp³-hybridized carbons (Fsp3) is 0.200. The molecule has 3 nitrogen and oxygen atoms in total. The Morgan fingerprint density at radius 2 is 1.75 bits per heavy atom. The quantitative estimate of drug-likeness (QED) is 0.837. The van der Waals surface area contributed by atoms with Crippen LogP contribution in [0.3, 0.4) is 0 Å². The van der Waals surface area contributed by atoms with Gasteiger partial charge >= 0.3 is 0 Å². The van der Waals surface area contributed by atoms with Gasteiger partial charge in [-0.05, 0) is 18.6 Å². The average Bonchev–Trinajstić information content (AvgIpc) is 2.43. The maximum Gasteiger partial charge on any atom is 0.169 e. The molecule has 2 N–H and O–H groups in total. The fourth-order valence-corrected chi connectivity index (χ4v) is 1.63. The number of benzene rings is 2. The molecule has 0 aliphatic rings. The number of anilines is 1. The smallest absolute Gasteiger partial charge is 0.169 e. The first-order valence-electron chi connectivity index (χ1n) is 6.26. The third-order valence-electron chi connectivity index (χ3n) is 2.59. The number of nitrogen functional groups attached to an aromatic ring is 1. The third-order valence-corrected chi connectivity index (χ3v) is 2.59. The Morgan fingerprint density at radius 3 is 2.45 bits per heavy atom. The highest BCUT2D eigenvalue weighted by Gasteiger charge is 2.12. The number of halogens is 2. The van der Waals surface area contributed by atoms with Crippen LogP contribution in [0.25, 0.3) is 0 Å². The molecule has 0 heterocycles. The van der Waals surface area contributed by atoms with E-state index in [9.17, 15) is 8.78 Å². The van der Waals surface area contributed by atoms with E-state index in [1.807, 2.05) is 6.92 Å². The lowest BCUT2D eigenvalue weighted by Crippen LogP contribution is -2.00. The molecule has 106 valence electrons. The van der Waals surface area contributed by atoms with E-state index in [4.69, 9.17) is 15.2 Å². The third kappa shape index (κ3) is 3.17. The van der Waals surface area contributed by atoms with Crippen LogP contribution in [0.1, 0.15) is 13.3 Å². The molecule has 0 aromatic heterocycles. The van der Waals surface area contributed by atoms with Crippen molar-refractivity contribution < 1.29 is 18.3 Å². The van der Waals surface area contributed by atoms with Gasteiger partial charge in [-0.1, -0.05) is 19.1 Å². The SMILES string of the molecule is CCCOc1ccccc1Oc1cc(F)cc(F)c1N. The van der Waals surface area contributed by atoms with Crippen LogP contribution in [0.2, 0.25) is 0 Å². The molecule has 2 aromatic carbocycles. The first-order valence-corrected chi connectivity index (χ1v) is 6.26. The molecule has 0 bridgehead atoms. The topological polar surface area (TPSA) is 44.5 Å². The summed E-state index contributed by atoms with van der Waals surface area (Å²) in [4.78, 5) is 0. The van der Waals surface area contributed by atoms with Crippen LogP contribution in [0, 0.1) is 11.6 Å². The van der Waals surface area contributed by atoms with E-state index in [0.717, 1.165) is 12.5 Å². The van der Waals surface area contributed by atoms with Gasteiger partial charge in [0.2, 0.25) is 0 Å². The minimum Gasteiger partial charge on any atom is -0.490 e. The second kappa shape index (κ2) is 6.23. The highest BCUT2D eigenvalue weighted by molar-refractivity contribution is 5.56. The van der Waals surface area contributed by atoms with E-state index < -0.39 is 11.6 Å². The first kappa shape index (κ1) is 14.1. The Labute approximate surface area is 115 Å². The summed E-state index contributed by atoms with van der Waals surface area (Å²) in [5, 5.41) is 0. The van der Waals surface area contributed by atoms with Gasteiger partial charge < -0.3 is 15.2 Å². The summed E-state index contributed by atoms with van der Waals surface area (Å²) < 4.78 is 37.6.